The first-order chi connectivity index (χ1) is 12.4. The number of halogens is 3. The number of piperidine rings is 1. The summed E-state index contributed by atoms with van der Waals surface area (Å²) in [4.78, 5) is 9.79. The van der Waals surface area contributed by atoms with Crippen LogP contribution < -0.4 is 14.8 Å². The van der Waals surface area contributed by atoms with Gasteiger partial charge < -0.3 is 24.6 Å². The van der Waals surface area contributed by atoms with Gasteiger partial charge >= 0.3 is 12.3 Å². The Morgan fingerprint density at radius 2 is 1.63 bits per heavy atom. The first-order valence-electron chi connectivity index (χ1n) is 8.53. The largest absolute Gasteiger partial charge is 0.506 e. The van der Waals surface area contributed by atoms with Crippen molar-refractivity contribution < 1.29 is 37.3 Å². The van der Waals surface area contributed by atoms with Gasteiger partial charge in [0.2, 0.25) is 0 Å². The second-order valence-corrected chi connectivity index (χ2v) is 6.92. The number of carboxylic acid groups (broad SMARTS) is 1. The topological polar surface area (TPSA) is 77.0 Å². The van der Waals surface area contributed by atoms with Crippen molar-refractivity contribution in [2.75, 3.05) is 19.7 Å². The van der Waals surface area contributed by atoms with E-state index in [4.69, 9.17) is 9.84 Å². The maximum atomic E-state index is 12.0. The van der Waals surface area contributed by atoms with Crippen LogP contribution in [0.1, 0.15) is 33.6 Å². The Morgan fingerprint density at radius 1 is 1.11 bits per heavy atom. The fourth-order valence-corrected chi connectivity index (χ4v) is 2.15. The molecule has 0 amide bonds. The van der Waals surface area contributed by atoms with Crippen LogP contribution in [0.5, 0.6) is 11.5 Å². The first kappa shape index (κ1) is 22.9. The summed E-state index contributed by atoms with van der Waals surface area (Å²) in [6.45, 7) is 5.62. The van der Waals surface area contributed by atoms with Gasteiger partial charge in [-0.15, -0.1) is 0 Å². The van der Waals surface area contributed by atoms with Gasteiger partial charge in [-0.05, 0) is 71.0 Å². The van der Waals surface area contributed by atoms with Crippen molar-refractivity contribution in [3.63, 3.8) is 0 Å². The average Bonchev–Trinajstić information content (AvgIpc) is 2.53. The highest BCUT2D eigenvalue weighted by Gasteiger charge is 2.28. The summed E-state index contributed by atoms with van der Waals surface area (Å²) in [5.41, 5.74) is -0.578. The third kappa shape index (κ3) is 12.0. The number of carbonyl (C=O) groups is 1. The van der Waals surface area contributed by atoms with Gasteiger partial charge in [0, 0.05) is 0 Å². The molecule has 1 heterocycles. The van der Waals surface area contributed by atoms with Crippen LogP contribution in [0.3, 0.4) is 0 Å². The van der Waals surface area contributed by atoms with Gasteiger partial charge in [-0.25, -0.2) is 4.79 Å². The van der Waals surface area contributed by atoms with Crippen LogP contribution >= 0.6 is 0 Å². The Kier molecular flexibility index (Phi) is 8.68. The van der Waals surface area contributed by atoms with E-state index in [9.17, 15) is 18.0 Å². The molecule has 0 atom stereocenters. The third-order valence-electron chi connectivity index (χ3n) is 3.21. The highest BCUT2D eigenvalue weighted by molar-refractivity contribution is 5.57. The smallest absolute Gasteiger partial charge is 0.490 e. The number of ether oxygens (including phenoxy) is 3. The zero-order chi connectivity index (χ0) is 20.5. The summed E-state index contributed by atoms with van der Waals surface area (Å²) in [7, 11) is 0. The van der Waals surface area contributed by atoms with Crippen molar-refractivity contribution in [2.24, 2.45) is 0 Å². The van der Waals surface area contributed by atoms with Gasteiger partial charge in [0.15, 0.2) is 6.61 Å². The lowest BCUT2D eigenvalue weighted by Gasteiger charge is -2.23. The van der Waals surface area contributed by atoms with E-state index >= 15 is 0 Å². The van der Waals surface area contributed by atoms with Crippen LogP contribution in [0.15, 0.2) is 24.3 Å². The SMILES string of the molecule is CC(C)(C)OC(=O)O.FC(F)(F)COc1ccc(OC2CCNCC2)cc1. The summed E-state index contributed by atoms with van der Waals surface area (Å²) < 4.78 is 50.6. The van der Waals surface area contributed by atoms with E-state index in [2.05, 4.69) is 14.8 Å². The minimum absolute atomic E-state index is 0.170. The molecule has 1 aromatic rings. The van der Waals surface area contributed by atoms with Crippen molar-refractivity contribution in [2.45, 2.75) is 51.5 Å². The summed E-state index contributed by atoms with van der Waals surface area (Å²) in [6.07, 6.45) is -3.50. The number of hydrogen-bond acceptors (Lipinski definition) is 5. The molecule has 0 radical (unpaired) electrons. The zero-order valence-corrected chi connectivity index (χ0v) is 15.6. The number of nitrogens with one attached hydrogen (secondary N) is 1. The summed E-state index contributed by atoms with van der Waals surface area (Å²) in [5.74, 6) is 0.848. The van der Waals surface area contributed by atoms with E-state index in [0.717, 1.165) is 25.9 Å². The van der Waals surface area contributed by atoms with Crippen molar-refractivity contribution in [3.05, 3.63) is 24.3 Å². The molecule has 2 N–H and O–H groups in total. The van der Waals surface area contributed by atoms with Crippen LogP contribution in [-0.4, -0.2) is 48.8 Å². The highest BCUT2D eigenvalue weighted by Crippen LogP contribution is 2.22. The van der Waals surface area contributed by atoms with Crippen LogP contribution in [-0.2, 0) is 4.74 Å². The molecular weight excluding hydrogens is 367 g/mol. The average molecular weight is 393 g/mol. The van der Waals surface area contributed by atoms with Crippen LogP contribution in [0, 0.1) is 0 Å². The molecular formula is C18H26F3NO5. The normalized spacial score (nSPS) is 15.3. The fourth-order valence-electron chi connectivity index (χ4n) is 2.15. The quantitative estimate of drug-likeness (QED) is 0.746. The van der Waals surface area contributed by atoms with Crippen molar-refractivity contribution >= 4 is 6.16 Å². The number of benzene rings is 1. The standard InChI is InChI=1S/C13H16F3NO2.C5H10O3/c14-13(15,16)9-18-10-1-3-11(4-2-10)19-12-5-7-17-8-6-12;1-5(2,3)8-4(6)7/h1-4,12,17H,5-9H2;1-3H3,(H,6,7). The predicted octanol–water partition coefficient (Wildman–Crippen LogP) is 4.24. The molecule has 1 saturated heterocycles. The number of hydrogen-bond donors (Lipinski definition) is 2. The molecule has 0 aromatic heterocycles. The Bertz CT molecular complexity index is 564. The van der Waals surface area contributed by atoms with E-state index in [1.54, 1.807) is 32.9 Å². The predicted molar refractivity (Wildman–Crippen MR) is 93.4 cm³/mol. The fraction of sp³-hybridized carbons (Fsp3) is 0.611. The van der Waals surface area contributed by atoms with Crippen LogP contribution in [0.25, 0.3) is 0 Å². The molecule has 9 heteroatoms. The second kappa shape index (κ2) is 10.2. The Balaban J connectivity index is 0.000000387. The molecule has 0 bridgehead atoms. The minimum atomic E-state index is -4.32. The molecule has 6 nitrogen and oxygen atoms in total. The number of alkyl halides is 3. The van der Waals surface area contributed by atoms with Gasteiger partial charge in [0.25, 0.3) is 0 Å². The van der Waals surface area contributed by atoms with Crippen molar-refractivity contribution in [3.8, 4) is 11.5 Å². The van der Waals surface area contributed by atoms with E-state index in [0.29, 0.717) is 5.75 Å². The van der Waals surface area contributed by atoms with Gasteiger partial charge in [-0.2, -0.15) is 13.2 Å². The number of rotatable bonds is 4. The summed E-state index contributed by atoms with van der Waals surface area (Å²) in [6, 6.07) is 6.24. The third-order valence-corrected chi connectivity index (χ3v) is 3.21. The van der Waals surface area contributed by atoms with Gasteiger partial charge in [0.05, 0.1) is 0 Å². The Labute approximate surface area is 156 Å². The summed E-state index contributed by atoms with van der Waals surface area (Å²) in [5, 5.41) is 11.3. The Hall–Kier alpha value is -2.16. The van der Waals surface area contributed by atoms with E-state index in [-0.39, 0.29) is 11.9 Å². The second-order valence-electron chi connectivity index (χ2n) is 6.92. The maximum absolute atomic E-state index is 12.0. The monoisotopic (exact) mass is 393 g/mol. The van der Waals surface area contributed by atoms with Crippen molar-refractivity contribution in [1.29, 1.82) is 0 Å². The molecule has 27 heavy (non-hydrogen) atoms. The molecule has 0 saturated carbocycles. The van der Waals surface area contributed by atoms with Crippen molar-refractivity contribution in [1.82, 2.24) is 5.32 Å². The lowest BCUT2D eigenvalue weighted by Crippen LogP contribution is -2.34. The van der Waals surface area contributed by atoms with E-state index in [1.807, 2.05) is 0 Å². The van der Waals surface area contributed by atoms with Gasteiger partial charge in [0.1, 0.15) is 23.2 Å². The first-order valence-corrected chi connectivity index (χ1v) is 8.53. The molecule has 0 aliphatic carbocycles. The van der Waals surface area contributed by atoms with Crippen LogP contribution in [0.4, 0.5) is 18.0 Å². The molecule has 0 spiro atoms. The van der Waals surface area contributed by atoms with Gasteiger partial charge in [-0.1, -0.05) is 0 Å². The Morgan fingerprint density at radius 3 is 2.04 bits per heavy atom. The molecule has 1 aromatic carbocycles. The highest BCUT2D eigenvalue weighted by atomic mass is 19.4. The van der Waals surface area contributed by atoms with Gasteiger partial charge in [-0.3, -0.25) is 0 Å². The molecule has 1 aliphatic rings. The zero-order valence-electron chi connectivity index (χ0n) is 15.6. The molecule has 1 aliphatic heterocycles. The lowest BCUT2D eigenvalue weighted by molar-refractivity contribution is -0.153. The maximum Gasteiger partial charge on any atom is 0.506 e. The molecule has 154 valence electrons. The summed E-state index contributed by atoms with van der Waals surface area (Å²) >= 11 is 0. The molecule has 0 unspecified atom stereocenters. The molecule has 2 rings (SSSR count). The van der Waals surface area contributed by atoms with Crippen LogP contribution in [0.2, 0.25) is 0 Å². The lowest BCUT2D eigenvalue weighted by atomic mass is 10.1. The minimum Gasteiger partial charge on any atom is -0.490 e. The van der Waals surface area contributed by atoms with E-state index in [1.165, 1.54) is 12.1 Å². The van der Waals surface area contributed by atoms with E-state index < -0.39 is 24.5 Å². The molecule has 1 fully saturated rings.